The summed E-state index contributed by atoms with van der Waals surface area (Å²) >= 11 is 0. The highest BCUT2D eigenvalue weighted by Crippen LogP contribution is 2.20. The van der Waals surface area contributed by atoms with Crippen LogP contribution in [0.5, 0.6) is 0 Å². The number of aromatic nitrogens is 1. The number of benzene rings is 3. The first-order chi connectivity index (χ1) is 27.1. The Morgan fingerprint density at radius 1 is 0.804 bits per heavy atom. The Kier molecular flexibility index (Phi) is 16.2. The summed E-state index contributed by atoms with van der Waals surface area (Å²) in [6.07, 6.45) is 1.64. The molecule has 0 saturated carbocycles. The second kappa shape index (κ2) is 21.6. The van der Waals surface area contributed by atoms with Crippen LogP contribution in [0.25, 0.3) is 10.8 Å². The van der Waals surface area contributed by atoms with Gasteiger partial charge in [-0.25, -0.2) is 4.79 Å². The van der Waals surface area contributed by atoms with Crippen molar-refractivity contribution in [1.82, 2.24) is 31.2 Å². The van der Waals surface area contributed by atoms with Crippen molar-refractivity contribution in [2.75, 3.05) is 39.4 Å². The van der Waals surface area contributed by atoms with Gasteiger partial charge in [0.1, 0.15) is 18.7 Å². The van der Waals surface area contributed by atoms with Crippen molar-refractivity contribution >= 4 is 34.6 Å². The minimum Gasteiger partial charge on any atom is -0.445 e. The number of hydrogen-bond acceptors (Lipinski definition) is 9. The standard InChI is InChI=1S/C43H54N6O7/c1-30(2)25-36(39(50)28-40(51)45-19-20-49-21-23-55-24-22-49)46-41(52)37(26-31-15-17-44-18-16-31)47-42(53)38(48-43(54)56-29-32-9-4-3-5-10-32)27-34-13-8-12-33-11-6-7-14-35(33)34/h3-18,30,36-39,50H,19-29H2,1-2H3,(H,45,51)(H,46,52)(H,47,53)(H,48,54)/t36?,37-,38-,39?/m0/s1. The molecule has 0 bridgehead atoms. The van der Waals surface area contributed by atoms with E-state index in [9.17, 15) is 24.3 Å². The number of amides is 4. The van der Waals surface area contributed by atoms with Crippen LogP contribution < -0.4 is 21.3 Å². The average Bonchev–Trinajstić information content (AvgIpc) is 3.20. The lowest BCUT2D eigenvalue weighted by Gasteiger charge is -2.29. The Labute approximate surface area is 328 Å². The average molecular weight is 767 g/mol. The topological polar surface area (TPSA) is 171 Å². The lowest BCUT2D eigenvalue weighted by molar-refractivity contribution is -0.131. The van der Waals surface area contributed by atoms with Crippen LogP contribution in [-0.4, -0.2) is 102 Å². The van der Waals surface area contributed by atoms with E-state index in [1.54, 1.807) is 24.5 Å². The van der Waals surface area contributed by atoms with Crippen molar-refractivity contribution in [1.29, 1.82) is 0 Å². The molecule has 0 aliphatic carbocycles. The van der Waals surface area contributed by atoms with Gasteiger partial charge in [-0.1, -0.05) is 86.6 Å². The molecule has 4 atom stereocenters. The molecule has 13 heteroatoms. The van der Waals surface area contributed by atoms with Gasteiger partial charge in [0.15, 0.2) is 0 Å². The number of rotatable bonds is 19. The molecule has 2 unspecified atom stereocenters. The largest absolute Gasteiger partial charge is 0.445 e. The Morgan fingerprint density at radius 2 is 1.48 bits per heavy atom. The molecule has 5 rings (SSSR count). The van der Waals surface area contributed by atoms with E-state index in [0.29, 0.717) is 32.7 Å². The third-order valence-corrected chi connectivity index (χ3v) is 9.71. The van der Waals surface area contributed by atoms with Crippen molar-refractivity contribution in [3.05, 3.63) is 114 Å². The predicted molar refractivity (Wildman–Crippen MR) is 213 cm³/mol. The molecule has 1 aliphatic rings. The zero-order valence-corrected chi connectivity index (χ0v) is 32.2. The predicted octanol–water partition coefficient (Wildman–Crippen LogP) is 3.53. The van der Waals surface area contributed by atoms with Gasteiger partial charge in [0.25, 0.3) is 0 Å². The summed E-state index contributed by atoms with van der Waals surface area (Å²) in [7, 11) is 0. The van der Waals surface area contributed by atoms with Crippen molar-refractivity contribution in [2.24, 2.45) is 5.92 Å². The number of pyridine rings is 1. The molecular formula is C43H54N6O7. The third kappa shape index (κ3) is 13.4. The molecule has 0 radical (unpaired) electrons. The highest BCUT2D eigenvalue weighted by molar-refractivity contribution is 5.93. The van der Waals surface area contributed by atoms with E-state index in [2.05, 4.69) is 31.2 Å². The number of carbonyl (C=O) groups is 4. The SMILES string of the molecule is CC(C)CC(NC(=O)[C@H](Cc1ccncc1)NC(=O)[C@H](Cc1cccc2ccccc12)NC(=O)OCc1ccccc1)C(O)CC(=O)NCCN1CCOCC1. The molecule has 1 aliphatic heterocycles. The third-order valence-electron chi connectivity index (χ3n) is 9.71. The maximum Gasteiger partial charge on any atom is 0.408 e. The molecule has 13 nitrogen and oxygen atoms in total. The number of fused-ring (bicyclic) bond motifs is 1. The molecule has 1 aromatic heterocycles. The highest BCUT2D eigenvalue weighted by Gasteiger charge is 2.32. The van der Waals surface area contributed by atoms with Crippen LogP contribution in [0.15, 0.2) is 97.3 Å². The van der Waals surface area contributed by atoms with Gasteiger partial charge in [0, 0.05) is 51.4 Å². The van der Waals surface area contributed by atoms with Crippen LogP contribution in [0, 0.1) is 5.92 Å². The number of ether oxygens (including phenoxy) is 2. The van der Waals surface area contributed by atoms with Crippen LogP contribution in [0.1, 0.15) is 43.4 Å². The number of carbonyl (C=O) groups excluding carboxylic acids is 4. The molecule has 4 amide bonds. The van der Waals surface area contributed by atoms with E-state index in [0.717, 1.165) is 40.6 Å². The van der Waals surface area contributed by atoms with Crippen molar-refractivity contribution in [2.45, 2.75) is 70.4 Å². The van der Waals surface area contributed by atoms with Gasteiger partial charge in [-0.3, -0.25) is 24.3 Å². The number of nitrogens with one attached hydrogen (secondary N) is 4. The zero-order chi connectivity index (χ0) is 39.7. The van der Waals surface area contributed by atoms with Crippen LogP contribution in [0.2, 0.25) is 0 Å². The fourth-order valence-corrected chi connectivity index (χ4v) is 6.73. The van der Waals surface area contributed by atoms with Gasteiger partial charge in [0.2, 0.25) is 17.7 Å². The van der Waals surface area contributed by atoms with Gasteiger partial charge in [-0.2, -0.15) is 0 Å². The van der Waals surface area contributed by atoms with E-state index < -0.39 is 42.1 Å². The van der Waals surface area contributed by atoms with Gasteiger partial charge in [0.05, 0.1) is 31.8 Å². The number of aliphatic hydroxyl groups is 1. The maximum absolute atomic E-state index is 14.3. The molecular weight excluding hydrogens is 713 g/mol. The summed E-state index contributed by atoms with van der Waals surface area (Å²) in [4.78, 5) is 60.8. The first-order valence-electron chi connectivity index (χ1n) is 19.3. The van der Waals surface area contributed by atoms with Crippen LogP contribution in [-0.2, 0) is 43.3 Å². The zero-order valence-electron chi connectivity index (χ0n) is 32.2. The van der Waals surface area contributed by atoms with E-state index in [1.807, 2.05) is 86.6 Å². The van der Waals surface area contributed by atoms with Crippen molar-refractivity contribution in [3.63, 3.8) is 0 Å². The summed E-state index contributed by atoms with van der Waals surface area (Å²) in [5.74, 6) is -1.38. The molecule has 2 heterocycles. The lowest BCUT2D eigenvalue weighted by Crippen LogP contribution is -2.57. The smallest absolute Gasteiger partial charge is 0.408 e. The second-order valence-electron chi connectivity index (χ2n) is 14.5. The van der Waals surface area contributed by atoms with Gasteiger partial charge < -0.3 is 35.8 Å². The quantitative estimate of drug-likeness (QED) is 0.0959. The summed E-state index contributed by atoms with van der Waals surface area (Å²) in [6, 6.07) is 23.3. The monoisotopic (exact) mass is 766 g/mol. The molecule has 5 N–H and O–H groups in total. The van der Waals surface area contributed by atoms with Gasteiger partial charge >= 0.3 is 6.09 Å². The molecule has 56 heavy (non-hydrogen) atoms. The van der Waals surface area contributed by atoms with E-state index >= 15 is 0 Å². The molecule has 1 fully saturated rings. The van der Waals surface area contributed by atoms with Crippen molar-refractivity contribution < 1.29 is 33.8 Å². The summed E-state index contributed by atoms with van der Waals surface area (Å²) in [6.45, 7) is 7.97. The number of morpholine rings is 1. The van der Waals surface area contributed by atoms with E-state index in [-0.39, 0.29) is 37.7 Å². The van der Waals surface area contributed by atoms with E-state index in [1.165, 1.54) is 0 Å². The molecule has 3 aromatic carbocycles. The molecule has 0 spiro atoms. The van der Waals surface area contributed by atoms with Crippen LogP contribution >= 0.6 is 0 Å². The fraction of sp³-hybridized carbons (Fsp3) is 0.419. The Morgan fingerprint density at radius 3 is 2.23 bits per heavy atom. The maximum atomic E-state index is 14.3. The Hall–Kier alpha value is -5.37. The normalized spacial score (nSPS) is 15.3. The van der Waals surface area contributed by atoms with Gasteiger partial charge in [-0.15, -0.1) is 0 Å². The van der Waals surface area contributed by atoms with Crippen LogP contribution in [0.3, 0.4) is 0 Å². The number of alkyl carbamates (subject to hydrolysis) is 1. The van der Waals surface area contributed by atoms with Crippen molar-refractivity contribution in [3.8, 4) is 0 Å². The van der Waals surface area contributed by atoms with Crippen LogP contribution in [0.4, 0.5) is 4.79 Å². The summed E-state index contributed by atoms with van der Waals surface area (Å²) < 4.78 is 10.9. The summed E-state index contributed by atoms with van der Waals surface area (Å²) in [5, 5.41) is 24.7. The Bertz CT molecular complexity index is 1850. The first kappa shape index (κ1) is 41.8. The minimum absolute atomic E-state index is 0.00775. The number of hydrogen-bond donors (Lipinski definition) is 5. The highest BCUT2D eigenvalue weighted by atomic mass is 16.5. The first-order valence-corrected chi connectivity index (χ1v) is 19.3. The fourth-order valence-electron chi connectivity index (χ4n) is 6.73. The summed E-state index contributed by atoms with van der Waals surface area (Å²) in [5.41, 5.74) is 2.35. The second-order valence-corrected chi connectivity index (χ2v) is 14.5. The Balaban J connectivity index is 1.31. The number of aliphatic hydroxyl groups excluding tert-OH is 1. The van der Waals surface area contributed by atoms with E-state index in [4.69, 9.17) is 9.47 Å². The van der Waals surface area contributed by atoms with Gasteiger partial charge in [-0.05, 0) is 51.9 Å². The minimum atomic E-state index is -1.18. The molecule has 1 saturated heterocycles. The number of nitrogens with zero attached hydrogens (tertiary/aromatic N) is 2. The molecule has 298 valence electrons. The molecule has 4 aromatic rings. The lowest BCUT2D eigenvalue weighted by atomic mass is 9.95.